The highest BCUT2D eigenvalue weighted by Crippen LogP contribution is 2.07. The number of pyridine rings is 1. The van der Waals surface area contributed by atoms with Crippen molar-refractivity contribution < 1.29 is 19.8 Å². The molecule has 1 aromatic heterocycles. The third-order valence-corrected chi connectivity index (χ3v) is 2.02. The topological polar surface area (TPSA) is 103 Å². The van der Waals surface area contributed by atoms with Crippen molar-refractivity contribution >= 4 is 17.7 Å². The van der Waals surface area contributed by atoms with E-state index in [0.29, 0.717) is 5.69 Å². The Balaban J connectivity index is 2.73. The Kier molecular flexibility index (Phi) is 4.41. The zero-order chi connectivity index (χ0) is 12.8. The lowest BCUT2D eigenvalue weighted by Crippen LogP contribution is -2.30. The van der Waals surface area contributed by atoms with Crippen LogP contribution in [0.5, 0.6) is 0 Å². The molecular weight excluding hydrogens is 226 g/mol. The highest BCUT2D eigenvalue weighted by molar-refractivity contribution is 5.92. The fraction of sp³-hybridized carbons (Fsp3) is 0.300. The Hall–Kier alpha value is -2.15. The van der Waals surface area contributed by atoms with Gasteiger partial charge in [0.05, 0.1) is 18.5 Å². The first kappa shape index (κ1) is 12.9. The highest BCUT2D eigenvalue weighted by atomic mass is 16.4. The van der Waals surface area contributed by atoms with Gasteiger partial charge in [-0.3, -0.25) is 10.1 Å². The maximum atomic E-state index is 11.7. The minimum absolute atomic E-state index is 0.124. The van der Waals surface area contributed by atoms with Gasteiger partial charge >= 0.3 is 6.09 Å². The standard InChI is InChI=1S/C10H13N3O4/c1-13(4-5-14)9(15)8-3-2-7(6-11-8)12-10(16)17/h2-3,6,12,14H,4-5H2,1H3,(H,16,17). The van der Waals surface area contributed by atoms with Gasteiger partial charge in [-0.15, -0.1) is 0 Å². The molecule has 1 heterocycles. The van der Waals surface area contributed by atoms with Gasteiger partial charge in [-0.25, -0.2) is 9.78 Å². The Labute approximate surface area is 97.7 Å². The van der Waals surface area contributed by atoms with E-state index in [9.17, 15) is 9.59 Å². The molecule has 0 fully saturated rings. The van der Waals surface area contributed by atoms with Crippen LogP contribution in [-0.2, 0) is 0 Å². The first-order valence-corrected chi connectivity index (χ1v) is 4.87. The Morgan fingerprint density at radius 2 is 2.18 bits per heavy atom. The minimum atomic E-state index is -1.19. The third kappa shape index (κ3) is 3.72. The number of rotatable bonds is 4. The van der Waals surface area contributed by atoms with Gasteiger partial charge in [-0.2, -0.15) is 0 Å². The van der Waals surface area contributed by atoms with E-state index in [0.717, 1.165) is 0 Å². The number of nitrogens with zero attached hydrogens (tertiary/aromatic N) is 2. The van der Waals surface area contributed by atoms with Crippen LogP contribution >= 0.6 is 0 Å². The number of aliphatic hydroxyl groups is 1. The smallest absolute Gasteiger partial charge is 0.409 e. The summed E-state index contributed by atoms with van der Waals surface area (Å²) in [5, 5.41) is 19.3. The lowest BCUT2D eigenvalue weighted by atomic mass is 10.3. The molecule has 0 saturated carbocycles. The molecule has 7 heteroatoms. The summed E-state index contributed by atoms with van der Waals surface area (Å²) in [5.41, 5.74) is 0.482. The number of hydrogen-bond donors (Lipinski definition) is 3. The van der Waals surface area contributed by atoms with Crippen molar-refractivity contribution in [1.82, 2.24) is 9.88 Å². The van der Waals surface area contributed by atoms with E-state index in [-0.39, 0.29) is 24.8 Å². The Morgan fingerprint density at radius 3 is 2.65 bits per heavy atom. The van der Waals surface area contributed by atoms with Gasteiger partial charge in [-0.1, -0.05) is 0 Å². The quantitative estimate of drug-likeness (QED) is 0.698. The summed E-state index contributed by atoms with van der Waals surface area (Å²) in [7, 11) is 1.55. The maximum Gasteiger partial charge on any atom is 0.409 e. The molecule has 0 spiro atoms. The number of aliphatic hydroxyl groups excluding tert-OH is 1. The number of aromatic nitrogens is 1. The molecule has 2 amide bonds. The summed E-state index contributed by atoms with van der Waals surface area (Å²) in [6, 6.07) is 2.86. The third-order valence-electron chi connectivity index (χ3n) is 2.02. The lowest BCUT2D eigenvalue weighted by molar-refractivity contribution is 0.0761. The second kappa shape index (κ2) is 5.80. The van der Waals surface area contributed by atoms with Crippen LogP contribution in [0.2, 0.25) is 0 Å². The summed E-state index contributed by atoms with van der Waals surface area (Å²) in [4.78, 5) is 27.2. The number of amides is 2. The van der Waals surface area contributed by atoms with E-state index in [1.54, 1.807) is 7.05 Å². The second-order valence-electron chi connectivity index (χ2n) is 3.31. The van der Waals surface area contributed by atoms with Gasteiger partial charge in [0.15, 0.2) is 0 Å². The van der Waals surface area contributed by atoms with E-state index in [1.165, 1.54) is 23.2 Å². The average molecular weight is 239 g/mol. The van der Waals surface area contributed by atoms with Crippen LogP contribution in [-0.4, -0.2) is 52.3 Å². The van der Waals surface area contributed by atoms with Crippen LogP contribution < -0.4 is 5.32 Å². The maximum absolute atomic E-state index is 11.7. The summed E-state index contributed by atoms with van der Waals surface area (Å²) in [5.74, 6) is -0.332. The molecule has 7 nitrogen and oxygen atoms in total. The molecule has 0 aliphatic carbocycles. The number of nitrogens with one attached hydrogen (secondary N) is 1. The Morgan fingerprint density at radius 1 is 1.47 bits per heavy atom. The predicted octanol–water partition coefficient (Wildman–Crippen LogP) is 0.236. The number of anilines is 1. The molecule has 0 bridgehead atoms. The van der Waals surface area contributed by atoms with Crippen molar-refractivity contribution in [3.63, 3.8) is 0 Å². The van der Waals surface area contributed by atoms with E-state index in [1.807, 2.05) is 0 Å². The molecule has 1 aromatic rings. The summed E-state index contributed by atoms with van der Waals surface area (Å²) in [6.45, 7) is 0.0938. The lowest BCUT2D eigenvalue weighted by Gasteiger charge is -2.14. The molecule has 0 aliphatic heterocycles. The minimum Gasteiger partial charge on any atom is -0.465 e. The average Bonchev–Trinajstić information content (AvgIpc) is 2.28. The van der Waals surface area contributed by atoms with E-state index in [4.69, 9.17) is 10.2 Å². The van der Waals surface area contributed by atoms with Crippen LogP contribution in [0, 0.1) is 0 Å². The molecule has 0 aromatic carbocycles. The van der Waals surface area contributed by atoms with Gasteiger partial charge in [0, 0.05) is 13.6 Å². The van der Waals surface area contributed by atoms with E-state index < -0.39 is 6.09 Å². The normalized spacial score (nSPS) is 9.76. The van der Waals surface area contributed by atoms with Crippen molar-refractivity contribution in [3.05, 3.63) is 24.0 Å². The fourth-order valence-electron chi connectivity index (χ4n) is 1.16. The van der Waals surface area contributed by atoms with E-state index >= 15 is 0 Å². The molecule has 92 valence electrons. The first-order valence-electron chi connectivity index (χ1n) is 4.87. The molecule has 0 unspecified atom stereocenters. The van der Waals surface area contributed by atoms with Gasteiger partial charge in [0.1, 0.15) is 5.69 Å². The molecular formula is C10H13N3O4. The number of carbonyl (C=O) groups is 2. The van der Waals surface area contributed by atoms with Crippen molar-refractivity contribution in [2.24, 2.45) is 0 Å². The van der Waals surface area contributed by atoms with Crippen LogP contribution in [0.3, 0.4) is 0 Å². The summed E-state index contributed by atoms with van der Waals surface area (Å²) < 4.78 is 0. The number of hydrogen-bond acceptors (Lipinski definition) is 4. The summed E-state index contributed by atoms with van der Waals surface area (Å²) >= 11 is 0. The Bertz CT molecular complexity index is 405. The van der Waals surface area contributed by atoms with Crippen LogP contribution in [0.4, 0.5) is 10.5 Å². The fourth-order valence-corrected chi connectivity index (χ4v) is 1.16. The van der Waals surface area contributed by atoms with Crippen LogP contribution in [0.15, 0.2) is 18.3 Å². The van der Waals surface area contributed by atoms with Crippen molar-refractivity contribution in [1.29, 1.82) is 0 Å². The van der Waals surface area contributed by atoms with Crippen LogP contribution in [0.1, 0.15) is 10.5 Å². The molecule has 0 radical (unpaired) electrons. The zero-order valence-electron chi connectivity index (χ0n) is 9.25. The second-order valence-corrected chi connectivity index (χ2v) is 3.31. The van der Waals surface area contributed by atoms with Crippen molar-refractivity contribution in [2.45, 2.75) is 0 Å². The van der Waals surface area contributed by atoms with Gasteiger partial charge in [0.25, 0.3) is 5.91 Å². The molecule has 1 rings (SSSR count). The molecule has 0 aliphatic rings. The molecule has 3 N–H and O–H groups in total. The van der Waals surface area contributed by atoms with Crippen molar-refractivity contribution in [2.75, 3.05) is 25.5 Å². The number of likely N-dealkylation sites (N-methyl/N-ethyl adjacent to an activating group) is 1. The highest BCUT2D eigenvalue weighted by Gasteiger charge is 2.12. The number of carboxylic acid groups (broad SMARTS) is 1. The molecule has 0 saturated heterocycles. The van der Waals surface area contributed by atoms with Gasteiger partial charge in [-0.05, 0) is 12.1 Å². The molecule has 0 atom stereocenters. The first-order chi connectivity index (χ1) is 8.04. The summed E-state index contributed by atoms with van der Waals surface area (Å²) in [6.07, 6.45) is 0.0667. The van der Waals surface area contributed by atoms with Crippen molar-refractivity contribution in [3.8, 4) is 0 Å². The van der Waals surface area contributed by atoms with Crippen LogP contribution in [0.25, 0.3) is 0 Å². The zero-order valence-corrected chi connectivity index (χ0v) is 9.25. The monoisotopic (exact) mass is 239 g/mol. The van der Waals surface area contributed by atoms with Gasteiger partial charge < -0.3 is 15.1 Å². The largest absolute Gasteiger partial charge is 0.465 e. The van der Waals surface area contributed by atoms with Gasteiger partial charge in [0.2, 0.25) is 0 Å². The SMILES string of the molecule is CN(CCO)C(=O)c1ccc(NC(=O)O)cn1. The molecule has 17 heavy (non-hydrogen) atoms. The predicted molar refractivity (Wildman–Crippen MR) is 59.9 cm³/mol. The number of carbonyl (C=O) groups excluding carboxylic acids is 1. The van der Waals surface area contributed by atoms with E-state index in [2.05, 4.69) is 10.3 Å².